The summed E-state index contributed by atoms with van der Waals surface area (Å²) in [7, 11) is 1.58. The molecule has 0 aromatic carbocycles. The van der Waals surface area contributed by atoms with Crippen molar-refractivity contribution in [1.29, 1.82) is 0 Å². The highest BCUT2D eigenvalue weighted by Crippen LogP contribution is 2.17. The van der Waals surface area contributed by atoms with Crippen LogP contribution in [0.5, 0.6) is 0 Å². The third kappa shape index (κ3) is 4.66. The third-order valence-corrected chi connectivity index (χ3v) is 2.84. The van der Waals surface area contributed by atoms with E-state index in [1.807, 2.05) is 18.2 Å². The first-order chi connectivity index (χ1) is 10.2. The molecule has 7 heteroatoms. The molecule has 0 fully saturated rings. The Bertz CT molecular complexity index is 571. The molecule has 0 aliphatic heterocycles. The molecule has 0 saturated carbocycles. The second kappa shape index (κ2) is 7.51. The number of rotatable bonds is 8. The van der Waals surface area contributed by atoms with Crippen LogP contribution in [0.2, 0.25) is 0 Å². The summed E-state index contributed by atoms with van der Waals surface area (Å²) < 4.78 is 10.2. The van der Waals surface area contributed by atoms with Crippen LogP contribution in [0.3, 0.4) is 0 Å². The normalized spacial score (nSPS) is 11.0. The summed E-state index contributed by atoms with van der Waals surface area (Å²) in [5.74, 6) is -0.302. The van der Waals surface area contributed by atoms with Crippen molar-refractivity contribution in [2.75, 3.05) is 26.8 Å². The number of carboxylic acids is 1. The molecule has 7 nitrogen and oxygen atoms in total. The minimum atomic E-state index is -0.893. The average molecular weight is 291 g/mol. The van der Waals surface area contributed by atoms with Crippen LogP contribution < -0.4 is 0 Å². The van der Waals surface area contributed by atoms with Crippen LogP contribution in [-0.4, -0.2) is 52.9 Å². The zero-order valence-electron chi connectivity index (χ0n) is 11.7. The number of hydrogen-bond acceptors (Lipinski definition) is 6. The fourth-order valence-corrected chi connectivity index (χ4v) is 1.87. The molecule has 0 aliphatic rings. The number of nitrogens with zero attached hydrogens (tertiary/aromatic N) is 3. The van der Waals surface area contributed by atoms with Gasteiger partial charge in [0.2, 0.25) is 0 Å². The minimum absolute atomic E-state index is 0.0804. The van der Waals surface area contributed by atoms with E-state index in [9.17, 15) is 4.79 Å². The van der Waals surface area contributed by atoms with Crippen molar-refractivity contribution in [3.05, 3.63) is 36.2 Å². The van der Waals surface area contributed by atoms with Gasteiger partial charge in [-0.2, -0.15) is 0 Å². The molecule has 0 unspecified atom stereocenters. The van der Waals surface area contributed by atoms with E-state index in [1.54, 1.807) is 24.3 Å². The highest BCUT2D eigenvalue weighted by molar-refractivity contribution is 5.69. The van der Waals surface area contributed by atoms with Crippen molar-refractivity contribution in [3.8, 4) is 11.4 Å². The van der Waals surface area contributed by atoms with Gasteiger partial charge in [-0.05, 0) is 12.1 Å². The molecule has 2 aromatic rings. The summed E-state index contributed by atoms with van der Waals surface area (Å²) in [5, 5.41) is 12.9. The molecule has 0 atom stereocenters. The van der Waals surface area contributed by atoms with E-state index in [4.69, 9.17) is 14.4 Å². The van der Waals surface area contributed by atoms with E-state index in [1.165, 1.54) is 0 Å². The molecular formula is C14H17N3O4. The van der Waals surface area contributed by atoms with Crippen LogP contribution >= 0.6 is 0 Å². The molecule has 2 aromatic heterocycles. The summed E-state index contributed by atoms with van der Waals surface area (Å²) in [6, 6.07) is 7.29. The molecule has 0 spiro atoms. The highest BCUT2D eigenvalue weighted by atomic mass is 16.5. The Labute approximate surface area is 122 Å². The number of aliphatic carboxylic acids is 1. The number of carboxylic acid groups (broad SMARTS) is 1. The number of hydrogen-bond donors (Lipinski definition) is 1. The van der Waals surface area contributed by atoms with Crippen molar-refractivity contribution in [2.45, 2.75) is 6.54 Å². The van der Waals surface area contributed by atoms with E-state index < -0.39 is 5.97 Å². The second-order valence-corrected chi connectivity index (χ2v) is 4.49. The van der Waals surface area contributed by atoms with E-state index in [-0.39, 0.29) is 6.54 Å². The molecule has 0 saturated heterocycles. The molecule has 0 bridgehead atoms. The van der Waals surface area contributed by atoms with Gasteiger partial charge < -0.3 is 14.4 Å². The van der Waals surface area contributed by atoms with Gasteiger partial charge in [0.05, 0.1) is 25.4 Å². The Balaban J connectivity index is 2.03. The predicted molar refractivity (Wildman–Crippen MR) is 74.5 cm³/mol. The van der Waals surface area contributed by atoms with Gasteiger partial charge in [-0.15, -0.1) is 0 Å². The van der Waals surface area contributed by atoms with E-state index in [2.05, 4.69) is 10.1 Å². The monoisotopic (exact) mass is 291 g/mol. The van der Waals surface area contributed by atoms with Gasteiger partial charge >= 0.3 is 5.97 Å². The predicted octanol–water partition coefficient (Wildman–Crippen LogP) is 1.27. The first kappa shape index (κ1) is 15.1. The Morgan fingerprint density at radius 3 is 2.95 bits per heavy atom. The molecule has 1 N–H and O–H groups in total. The topological polar surface area (TPSA) is 88.7 Å². The van der Waals surface area contributed by atoms with Crippen molar-refractivity contribution in [2.24, 2.45) is 0 Å². The number of ether oxygens (including phenoxy) is 1. The zero-order valence-corrected chi connectivity index (χ0v) is 11.7. The molecule has 2 rings (SSSR count). The Kier molecular flexibility index (Phi) is 5.42. The van der Waals surface area contributed by atoms with Gasteiger partial charge in [-0.1, -0.05) is 11.2 Å². The lowest BCUT2D eigenvalue weighted by molar-refractivity contribution is -0.138. The van der Waals surface area contributed by atoms with Crippen molar-refractivity contribution in [1.82, 2.24) is 15.0 Å². The van der Waals surface area contributed by atoms with Crippen LogP contribution in [0.15, 0.2) is 35.0 Å². The third-order valence-electron chi connectivity index (χ3n) is 2.84. The maximum atomic E-state index is 10.9. The van der Waals surface area contributed by atoms with E-state index >= 15 is 0 Å². The van der Waals surface area contributed by atoms with Crippen LogP contribution in [0.25, 0.3) is 11.4 Å². The van der Waals surface area contributed by atoms with Gasteiger partial charge in [-0.25, -0.2) is 0 Å². The van der Waals surface area contributed by atoms with Gasteiger partial charge in [0.15, 0.2) is 5.76 Å². The summed E-state index contributed by atoms with van der Waals surface area (Å²) in [5.41, 5.74) is 1.35. The molecule has 0 amide bonds. The van der Waals surface area contributed by atoms with Crippen LogP contribution in [0, 0.1) is 0 Å². The van der Waals surface area contributed by atoms with E-state index in [0.717, 1.165) is 0 Å². The first-order valence-electron chi connectivity index (χ1n) is 6.49. The van der Waals surface area contributed by atoms with Gasteiger partial charge in [0.25, 0.3) is 0 Å². The number of pyridine rings is 1. The van der Waals surface area contributed by atoms with Crippen molar-refractivity contribution >= 4 is 5.97 Å². The van der Waals surface area contributed by atoms with Gasteiger partial charge in [0.1, 0.15) is 5.69 Å². The maximum Gasteiger partial charge on any atom is 0.317 e. The molecule has 0 aliphatic carbocycles. The molecular weight excluding hydrogens is 274 g/mol. The maximum absolute atomic E-state index is 10.9. The molecule has 21 heavy (non-hydrogen) atoms. The van der Waals surface area contributed by atoms with Crippen LogP contribution in [0.4, 0.5) is 0 Å². The lowest BCUT2D eigenvalue weighted by Gasteiger charge is -2.17. The quantitative estimate of drug-likeness (QED) is 0.783. The van der Waals surface area contributed by atoms with Crippen LogP contribution in [-0.2, 0) is 16.1 Å². The number of carbonyl (C=O) groups is 1. The standard InChI is InChI=1S/C14H17N3O4/c1-20-7-6-17(10-14(18)19)9-11-8-13(16-21-11)12-4-2-3-5-15-12/h2-5,8H,6-7,9-10H2,1H3,(H,18,19). The SMILES string of the molecule is COCCN(CC(=O)O)Cc1cc(-c2ccccn2)no1. The van der Waals surface area contributed by atoms with Crippen LogP contribution in [0.1, 0.15) is 5.76 Å². The highest BCUT2D eigenvalue weighted by Gasteiger charge is 2.14. The fourth-order valence-electron chi connectivity index (χ4n) is 1.87. The minimum Gasteiger partial charge on any atom is -0.480 e. The Morgan fingerprint density at radius 2 is 2.29 bits per heavy atom. The molecule has 0 radical (unpaired) electrons. The lowest BCUT2D eigenvalue weighted by Crippen LogP contribution is -2.32. The summed E-state index contributed by atoms with van der Waals surface area (Å²) >= 11 is 0. The second-order valence-electron chi connectivity index (χ2n) is 4.49. The number of aromatic nitrogens is 2. The zero-order chi connectivity index (χ0) is 15.1. The number of methoxy groups -OCH3 is 1. The molecule has 2 heterocycles. The summed E-state index contributed by atoms with van der Waals surface area (Å²) in [6.45, 7) is 1.23. The lowest BCUT2D eigenvalue weighted by atomic mass is 10.2. The van der Waals surface area contributed by atoms with Crippen molar-refractivity contribution in [3.63, 3.8) is 0 Å². The first-order valence-corrected chi connectivity index (χ1v) is 6.49. The van der Waals surface area contributed by atoms with E-state index in [0.29, 0.717) is 36.8 Å². The van der Waals surface area contributed by atoms with Crippen molar-refractivity contribution < 1.29 is 19.2 Å². The Hall–Kier alpha value is -2.25. The molecule has 112 valence electrons. The fraction of sp³-hybridized carbons (Fsp3) is 0.357. The summed E-state index contributed by atoms with van der Waals surface area (Å²) in [6.07, 6.45) is 1.68. The Morgan fingerprint density at radius 1 is 1.43 bits per heavy atom. The average Bonchev–Trinajstić information content (AvgIpc) is 2.93. The largest absolute Gasteiger partial charge is 0.480 e. The smallest absolute Gasteiger partial charge is 0.317 e. The summed E-state index contributed by atoms with van der Waals surface area (Å²) in [4.78, 5) is 16.8. The van der Waals surface area contributed by atoms with Gasteiger partial charge in [0, 0.05) is 25.9 Å². The van der Waals surface area contributed by atoms with Gasteiger partial charge in [-0.3, -0.25) is 14.7 Å².